The number of hydrogen-bond acceptors (Lipinski definition) is 6. The summed E-state index contributed by atoms with van der Waals surface area (Å²) in [7, 11) is -4.43. The molecule has 0 radical (unpaired) electrons. The zero-order chi connectivity index (χ0) is 28.6. The van der Waals surface area contributed by atoms with Gasteiger partial charge in [0.1, 0.15) is 5.56 Å². The summed E-state index contributed by atoms with van der Waals surface area (Å²) in [5.41, 5.74) is -2.07. The zero-order valence-electron chi connectivity index (χ0n) is 24.4. The maximum Gasteiger partial charge on any atom is 0.343 e. The highest BCUT2D eigenvalue weighted by Crippen LogP contribution is 2.46. The molecule has 174 valence electrons. The lowest BCUT2D eigenvalue weighted by Crippen LogP contribution is -2.34. The van der Waals surface area contributed by atoms with Gasteiger partial charge in [0.2, 0.25) is 5.43 Å². The number of benzene rings is 1. The molecule has 0 amide bonds. The highest BCUT2D eigenvalue weighted by atomic mass is 19.1. The second-order valence-electron chi connectivity index (χ2n) is 8.67. The number of esters is 1. The Morgan fingerprint density at radius 3 is 2.69 bits per heavy atom. The summed E-state index contributed by atoms with van der Waals surface area (Å²) in [5, 5.41) is 0. The van der Waals surface area contributed by atoms with E-state index in [-0.39, 0.29) is 29.4 Å². The van der Waals surface area contributed by atoms with Crippen molar-refractivity contribution in [2.75, 3.05) is 34.4 Å². The fraction of sp³-hybridized carbons (Fsp3) is 0.500. The molecule has 0 fully saturated rings. The van der Waals surface area contributed by atoms with Gasteiger partial charge in [-0.1, -0.05) is 20.8 Å². The molecule has 1 aliphatic rings. The number of pyridine rings is 1. The van der Waals surface area contributed by atoms with Crippen LogP contribution in [0.15, 0.2) is 23.1 Å². The summed E-state index contributed by atoms with van der Waals surface area (Å²) < 4.78 is 81.5. The van der Waals surface area contributed by atoms with Gasteiger partial charge < -0.3 is 23.5 Å². The SMILES string of the molecule is [2H]C([2H])([2H])OC(=O)c1cn2c(c(F)c1=O)-c1cc(OC([2H])([2H])[2H])c(OCCCOC)cc1C[C@H]2C(C)(C)C. The Labute approximate surface area is 195 Å². The Balaban J connectivity index is 2.25. The summed E-state index contributed by atoms with van der Waals surface area (Å²) >= 11 is 0. The number of nitrogens with zero attached hydrogens (tertiary/aromatic N) is 1. The van der Waals surface area contributed by atoms with Gasteiger partial charge in [0.15, 0.2) is 17.3 Å². The van der Waals surface area contributed by atoms with E-state index in [1.807, 2.05) is 20.8 Å². The van der Waals surface area contributed by atoms with E-state index >= 15 is 4.39 Å². The maximum absolute atomic E-state index is 15.8. The molecule has 1 aromatic carbocycles. The van der Waals surface area contributed by atoms with Crippen LogP contribution in [-0.4, -0.2) is 44.9 Å². The van der Waals surface area contributed by atoms with Crippen molar-refractivity contribution >= 4 is 5.97 Å². The lowest BCUT2D eigenvalue weighted by atomic mass is 9.78. The van der Waals surface area contributed by atoms with Gasteiger partial charge >= 0.3 is 5.97 Å². The average molecular weight is 454 g/mol. The van der Waals surface area contributed by atoms with Gasteiger partial charge in [0.05, 0.1) is 34.6 Å². The van der Waals surface area contributed by atoms with Gasteiger partial charge in [0.25, 0.3) is 0 Å². The van der Waals surface area contributed by atoms with E-state index in [1.54, 1.807) is 6.07 Å². The summed E-state index contributed by atoms with van der Waals surface area (Å²) in [6.07, 6.45) is 1.91. The molecule has 0 saturated heterocycles. The van der Waals surface area contributed by atoms with Gasteiger partial charge in [-0.2, -0.15) is 0 Å². The number of methoxy groups -OCH3 is 3. The Hall–Kier alpha value is -2.87. The van der Waals surface area contributed by atoms with Crippen LogP contribution >= 0.6 is 0 Å². The van der Waals surface area contributed by atoms with Crippen molar-refractivity contribution < 1.29 is 36.4 Å². The smallest absolute Gasteiger partial charge is 0.343 e. The van der Waals surface area contributed by atoms with Crippen molar-refractivity contribution in [2.45, 2.75) is 39.7 Å². The molecule has 32 heavy (non-hydrogen) atoms. The molecule has 0 spiro atoms. The van der Waals surface area contributed by atoms with E-state index in [0.717, 1.165) is 6.20 Å². The highest BCUT2D eigenvalue weighted by Gasteiger charge is 2.36. The van der Waals surface area contributed by atoms with Gasteiger partial charge in [-0.25, -0.2) is 9.18 Å². The van der Waals surface area contributed by atoms with Crippen LogP contribution in [-0.2, 0) is 15.9 Å². The minimum atomic E-state index is -3.13. The summed E-state index contributed by atoms with van der Waals surface area (Å²) in [6.45, 7) is 6.28. The molecule has 0 unspecified atom stereocenters. The number of rotatable bonds is 7. The van der Waals surface area contributed by atoms with Crippen LogP contribution in [0.5, 0.6) is 11.5 Å². The first kappa shape index (κ1) is 16.7. The predicted molar refractivity (Wildman–Crippen MR) is 118 cm³/mol. The number of carbonyl (C=O) groups is 1. The zero-order valence-corrected chi connectivity index (χ0v) is 18.4. The van der Waals surface area contributed by atoms with Crippen LogP contribution in [0.2, 0.25) is 0 Å². The number of aromatic nitrogens is 1. The molecule has 2 heterocycles. The number of fused-ring (bicyclic) bond motifs is 3. The Morgan fingerprint density at radius 1 is 1.25 bits per heavy atom. The van der Waals surface area contributed by atoms with Crippen molar-refractivity contribution in [1.82, 2.24) is 4.57 Å². The van der Waals surface area contributed by atoms with Gasteiger partial charge in [0, 0.05) is 37.9 Å². The van der Waals surface area contributed by atoms with Crippen molar-refractivity contribution in [3.05, 3.63) is 45.5 Å². The molecule has 7 nitrogen and oxygen atoms in total. The molecule has 0 saturated carbocycles. The molecule has 0 bridgehead atoms. The number of halogens is 1. The molecule has 1 atom stereocenters. The minimum absolute atomic E-state index is 0.137. The first-order chi connectivity index (χ1) is 17.4. The standard InChI is InChI=1S/C24H30FNO6/c1-24(2,3)19-11-14-10-18(32-9-7-8-29-4)17(30-5)12-15(14)21-20(25)22(27)16(13-26(19)21)23(28)31-6/h10,12-13,19H,7-9,11H2,1-6H3/t19-/m0/s1/i5D3,6D3. The second-order valence-corrected chi connectivity index (χ2v) is 8.67. The third-order valence-corrected chi connectivity index (χ3v) is 5.52. The largest absolute Gasteiger partial charge is 0.493 e. The Kier molecular flexibility index (Phi) is 4.87. The third kappa shape index (κ3) is 4.37. The first-order valence-corrected chi connectivity index (χ1v) is 10.1. The predicted octanol–water partition coefficient (Wildman–Crippen LogP) is 4.01. The fourth-order valence-electron chi connectivity index (χ4n) is 3.90. The Morgan fingerprint density at radius 2 is 2.03 bits per heavy atom. The molecule has 0 aliphatic carbocycles. The van der Waals surface area contributed by atoms with E-state index in [2.05, 4.69) is 4.74 Å². The van der Waals surface area contributed by atoms with Crippen LogP contribution in [0.1, 0.15) is 57.4 Å². The van der Waals surface area contributed by atoms with Crippen molar-refractivity contribution in [3.63, 3.8) is 0 Å². The van der Waals surface area contributed by atoms with E-state index in [1.165, 1.54) is 17.7 Å². The van der Waals surface area contributed by atoms with Gasteiger partial charge in [-0.05, 0) is 29.5 Å². The summed E-state index contributed by atoms with van der Waals surface area (Å²) in [5.74, 6) is -2.83. The van der Waals surface area contributed by atoms with E-state index in [9.17, 15) is 9.59 Å². The molecular formula is C24H30FNO6. The lowest BCUT2D eigenvalue weighted by Gasteiger charge is -2.39. The van der Waals surface area contributed by atoms with Crippen LogP contribution in [0, 0.1) is 11.2 Å². The van der Waals surface area contributed by atoms with Crippen LogP contribution in [0.4, 0.5) is 4.39 Å². The quantitative estimate of drug-likeness (QED) is 0.466. The summed E-state index contributed by atoms with van der Waals surface area (Å²) in [6, 6.07) is 2.36. The minimum Gasteiger partial charge on any atom is -0.493 e. The number of ether oxygens (including phenoxy) is 4. The first-order valence-electron chi connectivity index (χ1n) is 13.1. The monoisotopic (exact) mass is 453 g/mol. The molecule has 3 rings (SSSR count). The molecule has 8 heteroatoms. The maximum atomic E-state index is 15.8. The molecular weight excluding hydrogens is 417 g/mol. The second kappa shape index (κ2) is 9.32. The molecule has 1 aliphatic heterocycles. The van der Waals surface area contributed by atoms with E-state index in [4.69, 9.17) is 22.4 Å². The normalized spacial score (nSPS) is 18.6. The lowest BCUT2D eigenvalue weighted by molar-refractivity contribution is 0.0596. The summed E-state index contributed by atoms with van der Waals surface area (Å²) in [4.78, 5) is 25.3. The van der Waals surface area contributed by atoms with Crippen molar-refractivity contribution in [2.24, 2.45) is 5.41 Å². The highest BCUT2D eigenvalue weighted by molar-refractivity contribution is 5.89. The van der Waals surface area contributed by atoms with Crippen molar-refractivity contribution in [3.8, 4) is 22.8 Å². The molecule has 2 aromatic rings. The van der Waals surface area contributed by atoms with Gasteiger partial charge in [-0.3, -0.25) is 4.79 Å². The molecule has 1 aromatic heterocycles. The number of carbonyl (C=O) groups excluding carboxylic acids is 1. The fourth-order valence-corrected chi connectivity index (χ4v) is 3.90. The Bertz CT molecular complexity index is 1270. The number of hydrogen-bond donors (Lipinski definition) is 0. The molecule has 0 N–H and O–H groups in total. The third-order valence-electron chi connectivity index (χ3n) is 5.52. The van der Waals surface area contributed by atoms with E-state index < -0.39 is 48.3 Å². The average Bonchev–Trinajstić information content (AvgIpc) is 2.75. The van der Waals surface area contributed by atoms with Crippen molar-refractivity contribution in [1.29, 1.82) is 0 Å². The van der Waals surface area contributed by atoms with Gasteiger partial charge in [-0.15, -0.1) is 0 Å². The van der Waals surface area contributed by atoms with E-state index in [0.29, 0.717) is 25.0 Å². The van der Waals surface area contributed by atoms with Crippen LogP contribution in [0.3, 0.4) is 0 Å². The van der Waals surface area contributed by atoms with Crippen LogP contribution < -0.4 is 14.9 Å². The topological polar surface area (TPSA) is 76.0 Å². The van der Waals surface area contributed by atoms with Crippen LogP contribution in [0.25, 0.3) is 11.3 Å².